The first kappa shape index (κ1) is 3.63. The van der Waals surface area contributed by atoms with Crippen molar-refractivity contribution in [1.82, 2.24) is 0 Å². The lowest BCUT2D eigenvalue weighted by Crippen LogP contribution is -2.21. The van der Waals surface area contributed by atoms with Gasteiger partial charge in [-0.1, -0.05) is 36.3 Å². The molecule has 0 fully saturated rings. The number of benzene rings is 2. The molecule has 0 heterocycles. The summed E-state index contributed by atoms with van der Waals surface area (Å²) in [5.74, 6) is -0.498. The third-order valence-corrected chi connectivity index (χ3v) is 1.47. The number of nitrogens with zero attached hydrogens (tertiary/aromatic N) is 1. The van der Waals surface area contributed by atoms with Gasteiger partial charge in [-0.2, -0.15) is 0 Å². The molecule has 0 aromatic heterocycles. The van der Waals surface area contributed by atoms with Crippen LogP contribution < -0.4 is 11.1 Å². The summed E-state index contributed by atoms with van der Waals surface area (Å²) >= 11 is 0. The molecule has 2 aromatic carbocycles. The van der Waals surface area contributed by atoms with Gasteiger partial charge in [-0.15, -0.1) is 0 Å². The van der Waals surface area contributed by atoms with Crippen molar-refractivity contribution in [3.63, 3.8) is 0 Å². The van der Waals surface area contributed by atoms with Gasteiger partial charge in [-0.25, -0.2) is 4.99 Å². The second kappa shape index (κ2) is 4.98. The van der Waals surface area contributed by atoms with Gasteiger partial charge in [0.2, 0.25) is 0 Å². The van der Waals surface area contributed by atoms with Gasteiger partial charge in [0.15, 0.2) is 5.96 Å². The maximum Gasteiger partial charge on any atom is 0.198 e. The van der Waals surface area contributed by atoms with Gasteiger partial charge >= 0.3 is 0 Å². The predicted octanol–water partition coefficient (Wildman–Crippen LogP) is 2.74. The standard InChI is InChI=1S/C13H13N3/c14-13(15-11-7-3-1-4-8-11)16-12-9-5-2-6-10-12/h1-10H,(H3,14,15,16)/i1D,2D,3D,4D,5D,6D,7D,8D,9D,10D. The number of hydrogen-bond donors (Lipinski definition) is 2. The van der Waals surface area contributed by atoms with E-state index in [1.807, 2.05) is 0 Å². The molecule has 16 heavy (non-hydrogen) atoms. The van der Waals surface area contributed by atoms with E-state index in [2.05, 4.69) is 10.3 Å². The molecule has 0 aliphatic rings. The van der Waals surface area contributed by atoms with E-state index < -0.39 is 72.1 Å². The Morgan fingerprint density at radius 2 is 1.56 bits per heavy atom. The normalized spacial score (nSPS) is 19.9. The number of nitrogens with one attached hydrogen (secondary N) is 1. The van der Waals surface area contributed by atoms with Crippen molar-refractivity contribution in [2.75, 3.05) is 5.32 Å². The molecular weight excluding hydrogens is 198 g/mol. The van der Waals surface area contributed by atoms with Crippen molar-refractivity contribution in [1.29, 1.82) is 0 Å². The first-order valence-corrected chi connectivity index (χ1v) is 4.24. The number of hydrogen-bond acceptors (Lipinski definition) is 1. The van der Waals surface area contributed by atoms with Gasteiger partial charge in [0.1, 0.15) is 0 Å². The van der Waals surface area contributed by atoms with Gasteiger partial charge in [0, 0.05) is 5.69 Å². The van der Waals surface area contributed by atoms with Crippen LogP contribution in [-0.2, 0) is 0 Å². The molecule has 3 N–H and O–H groups in total. The van der Waals surface area contributed by atoms with Crippen molar-refractivity contribution < 1.29 is 13.7 Å². The minimum absolute atomic E-state index is 0.343. The summed E-state index contributed by atoms with van der Waals surface area (Å²) in [6.07, 6.45) is 0. The zero-order valence-electron chi connectivity index (χ0n) is 18.0. The number of nitrogens with two attached hydrogens (primary N) is 1. The van der Waals surface area contributed by atoms with Gasteiger partial charge in [0.25, 0.3) is 0 Å². The maximum absolute atomic E-state index is 7.78. The molecular formula is C13H13N3. The van der Waals surface area contributed by atoms with Gasteiger partial charge in [-0.3, -0.25) is 0 Å². The Morgan fingerprint density at radius 3 is 2.19 bits per heavy atom. The van der Waals surface area contributed by atoms with Crippen LogP contribution in [0.3, 0.4) is 0 Å². The molecule has 3 heteroatoms. The monoisotopic (exact) mass is 221 g/mol. The lowest BCUT2D eigenvalue weighted by Gasteiger charge is -2.04. The van der Waals surface area contributed by atoms with Crippen LogP contribution in [0, 0.1) is 0 Å². The summed E-state index contributed by atoms with van der Waals surface area (Å²) < 4.78 is 76.5. The summed E-state index contributed by atoms with van der Waals surface area (Å²) in [6, 6.07) is -5.77. The van der Waals surface area contributed by atoms with E-state index >= 15 is 0 Å². The van der Waals surface area contributed by atoms with E-state index in [-0.39, 0.29) is 5.69 Å². The van der Waals surface area contributed by atoms with E-state index in [9.17, 15) is 0 Å². The molecule has 0 aliphatic heterocycles. The lowest BCUT2D eigenvalue weighted by molar-refractivity contribution is 1.44. The van der Waals surface area contributed by atoms with E-state index in [4.69, 9.17) is 19.4 Å². The van der Waals surface area contributed by atoms with Crippen molar-refractivity contribution >= 4 is 17.3 Å². The van der Waals surface area contributed by atoms with Gasteiger partial charge in [-0.05, 0) is 24.2 Å². The molecule has 0 bridgehead atoms. The fraction of sp³-hybridized carbons (Fsp3) is 0. The average Bonchev–Trinajstić information content (AvgIpc) is 2.62. The van der Waals surface area contributed by atoms with E-state index in [0.717, 1.165) is 0 Å². The van der Waals surface area contributed by atoms with Gasteiger partial charge in [0.05, 0.1) is 19.4 Å². The molecule has 0 saturated carbocycles. The van der Waals surface area contributed by atoms with Crippen molar-refractivity contribution in [2.24, 2.45) is 10.7 Å². The number of guanidine groups is 1. The Kier molecular flexibility index (Phi) is 1.13. The third-order valence-electron chi connectivity index (χ3n) is 1.47. The van der Waals surface area contributed by atoms with Crippen LogP contribution in [0.1, 0.15) is 13.7 Å². The highest BCUT2D eigenvalue weighted by atomic mass is 15.1. The Bertz CT molecular complexity index is 883. The molecule has 3 nitrogen and oxygen atoms in total. The van der Waals surface area contributed by atoms with Crippen LogP contribution in [-0.4, -0.2) is 5.96 Å². The largest absolute Gasteiger partial charge is 0.369 e. The molecule has 80 valence electrons. The molecule has 0 amide bonds. The second-order valence-electron chi connectivity index (χ2n) is 2.60. The fourth-order valence-corrected chi connectivity index (χ4v) is 0.888. The molecule has 0 spiro atoms. The van der Waals surface area contributed by atoms with Crippen LogP contribution in [0.15, 0.2) is 65.4 Å². The van der Waals surface area contributed by atoms with E-state index in [1.165, 1.54) is 0 Å². The lowest BCUT2D eigenvalue weighted by atomic mass is 10.3. The smallest absolute Gasteiger partial charge is 0.198 e. The van der Waals surface area contributed by atoms with Crippen molar-refractivity contribution in [3.05, 3.63) is 60.4 Å². The quantitative estimate of drug-likeness (QED) is 0.605. The molecule has 0 unspecified atom stereocenters. The number of aliphatic imine (C=N–C) groups is 1. The van der Waals surface area contributed by atoms with Crippen LogP contribution in [0.5, 0.6) is 0 Å². The number of rotatable bonds is 2. The van der Waals surface area contributed by atoms with Gasteiger partial charge < -0.3 is 11.1 Å². The van der Waals surface area contributed by atoms with Crippen molar-refractivity contribution in [3.8, 4) is 0 Å². The summed E-state index contributed by atoms with van der Waals surface area (Å²) in [5, 5.41) is 2.34. The number of anilines is 1. The average molecular weight is 221 g/mol. The Balaban J connectivity index is 2.56. The molecule has 0 saturated heterocycles. The van der Waals surface area contributed by atoms with Crippen LogP contribution >= 0.6 is 0 Å². The zero-order chi connectivity index (χ0) is 19.9. The maximum atomic E-state index is 7.78. The Hall–Kier alpha value is -2.29. The van der Waals surface area contributed by atoms with Crippen LogP contribution in [0.4, 0.5) is 11.4 Å². The number of para-hydroxylation sites is 2. The summed E-state index contributed by atoms with van der Waals surface area (Å²) in [5.41, 5.74) is 4.88. The first-order chi connectivity index (χ1) is 12.0. The molecule has 0 atom stereocenters. The van der Waals surface area contributed by atoms with Crippen molar-refractivity contribution in [2.45, 2.75) is 0 Å². The Morgan fingerprint density at radius 1 is 1.00 bits per heavy atom. The van der Waals surface area contributed by atoms with E-state index in [1.54, 1.807) is 0 Å². The van der Waals surface area contributed by atoms with E-state index in [0.29, 0.717) is 0 Å². The minimum Gasteiger partial charge on any atom is -0.369 e. The summed E-state index contributed by atoms with van der Waals surface area (Å²) in [4.78, 5) is 3.73. The SMILES string of the molecule is [2H]c1c([2H])c([2H])c(N=C(N)Nc2c([2H])c([2H])c([2H])c([2H])c2[2H])c([2H])c1[2H]. The predicted molar refractivity (Wildman–Crippen MR) is 67.8 cm³/mol. The van der Waals surface area contributed by atoms with Crippen LogP contribution in [0.25, 0.3) is 0 Å². The highest BCUT2D eigenvalue weighted by Gasteiger charge is 1.93. The summed E-state index contributed by atoms with van der Waals surface area (Å²) in [7, 11) is 0. The molecule has 0 radical (unpaired) electrons. The highest BCUT2D eigenvalue weighted by molar-refractivity contribution is 5.93. The minimum atomic E-state index is -0.597. The first-order valence-electron chi connectivity index (χ1n) is 9.24. The molecule has 2 rings (SSSR count). The highest BCUT2D eigenvalue weighted by Crippen LogP contribution is 2.10. The molecule has 2 aromatic rings. The second-order valence-corrected chi connectivity index (χ2v) is 2.60. The fourth-order valence-electron chi connectivity index (χ4n) is 0.888. The molecule has 0 aliphatic carbocycles. The summed E-state index contributed by atoms with van der Waals surface area (Å²) in [6.45, 7) is 0. The van der Waals surface area contributed by atoms with Crippen LogP contribution in [0.2, 0.25) is 0 Å². The third kappa shape index (κ3) is 2.85. The Labute approximate surface area is 109 Å². The zero-order valence-corrected chi connectivity index (χ0v) is 8.02. The topological polar surface area (TPSA) is 50.4 Å².